The highest BCUT2D eigenvalue weighted by Gasteiger charge is 2.10. The van der Waals surface area contributed by atoms with Gasteiger partial charge in [-0.05, 0) is 20.9 Å². The van der Waals surface area contributed by atoms with Crippen LogP contribution >= 0.6 is 0 Å². The first kappa shape index (κ1) is 8.43. The van der Waals surface area contributed by atoms with E-state index in [1.54, 1.807) is 20.9 Å². The highest BCUT2D eigenvalue weighted by molar-refractivity contribution is 5.83. The molecule has 0 aliphatic rings. The molecule has 0 aromatic carbocycles. The second-order valence-corrected chi connectivity index (χ2v) is 1.60. The molecule has 0 rings (SSSR count). The number of hydrogen-bond donors (Lipinski definition) is 1. The van der Waals surface area contributed by atoms with Gasteiger partial charge < -0.3 is 10.1 Å². The molecule has 0 fully saturated rings. The molecule has 1 radical (unpaired) electrons. The Morgan fingerprint density at radius 1 is 1.67 bits per heavy atom. The predicted molar refractivity (Wildman–Crippen MR) is 34.6 cm³/mol. The number of rotatable bonds is 3. The van der Waals surface area contributed by atoms with E-state index in [0.29, 0.717) is 12.6 Å². The van der Waals surface area contributed by atoms with Crippen LogP contribution in [-0.4, -0.2) is 19.6 Å². The van der Waals surface area contributed by atoms with Crippen LogP contribution in [0, 0.1) is 6.04 Å². The third kappa shape index (κ3) is 3.08. The molecule has 0 heterocycles. The van der Waals surface area contributed by atoms with E-state index in [1.165, 1.54) is 0 Å². The van der Waals surface area contributed by atoms with Crippen LogP contribution in [0.25, 0.3) is 0 Å². The number of carbonyl (C=O) groups excluding carboxylic acids is 1. The molecular formula is C6H12NO2. The van der Waals surface area contributed by atoms with Gasteiger partial charge in [-0.1, -0.05) is 0 Å². The van der Waals surface area contributed by atoms with Crippen LogP contribution in [0.4, 0.5) is 0 Å². The lowest BCUT2D eigenvalue weighted by molar-refractivity contribution is -0.141. The van der Waals surface area contributed by atoms with Gasteiger partial charge in [0, 0.05) is 0 Å². The van der Waals surface area contributed by atoms with Crippen molar-refractivity contribution in [3.8, 4) is 0 Å². The van der Waals surface area contributed by atoms with E-state index in [0.717, 1.165) is 0 Å². The maximum absolute atomic E-state index is 10.7. The molecule has 0 aromatic heterocycles. The highest BCUT2D eigenvalue weighted by atomic mass is 16.5. The molecule has 1 N–H and O–H groups in total. The molecule has 0 saturated carbocycles. The zero-order chi connectivity index (χ0) is 7.28. The molecule has 53 valence electrons. The Morgan fingerprint density at radius 2 is 2.22 bits per heavy atom. The lowest BCUT2D eigenvalue weighted by Gasteiger charge is -2.06. The maximum Gasteiger partial charge on any atom is 0.328 e. The molecule has 0 amide bonds. The fraction of sp³-hybridized carbons (Fsp3) is 0.667. The molecule has 0 aliphatic heterocycles. The topological polar surface area (TPSA) is 38.3 Å². The third-order valence-corrected chi connectivity index (χ3v) is 0.957. The average molecular weight is 130 g/mol. The van der Waals surface area contributed by atoms with Crippen molar-refractivity contribution in [3.05, 3.63) is 6.04 Å². The van der Waals surface area contributed by atoms with Crippen molar-refractivity contribution in [1.82, 2.24) is 5.32 Å². The molecule has 0 aliphatic carbocycles. The van der Waals surface area contributed by atoms with Crippen LogP contribution < -0.4 is 5.32 Å². The number of ether oxygens (including phenoxy) is 1. The van der Waals surface area contributed by atoms with Crippen molar-refractivity contribution < 1.29 is 9.53 Å². The van der Waals surface area contributed by atoms with Crippen LogP contribution in [0.3, 0.4) is 0 Å². The number of esters is 1. The normalized spacial score (nSPS) is 9.78. The van der Waals surface area contributed by atoms with Crippen molar-refractivity contribution >= 4 is 5.97 Å². The van der Waals surface area contributed by atoms with Gasteiger partial charge in [0.2, 0.25) is 0 Å². The van der Waals surface area contributed by atoms with Crippen LogP contribution in [0.5, 0.6) is 0 Å². The molecule has 0 bridgehead atoms. The van der Waals surface area contributed by atoms with E-state index >= 15 is 0 Å². The molecule has 3 heteroatoms. The summed E-state index contributed by atoms with van der Waals surface area (Å²) in [7, 11) is 1.69. The smallest absolute Gasteiger partial charge is 0.328 e. The van der Waals surface area contributed by atoms with Gasteiger partial charge in [0.25, 0.3) is 0 Å². The maximum atomic E-state index is 10.7. The lowest BCUT2D eigenvalue weighted by atomic mass is 10.3. The zero-order valence-corrected chi connectivity index (χ0v) is 6.02. The summed E-state index contributed by atoms with van der Waals surface area (Å²) in [5.74, 6) is -0.278. The fourth-order valence-corrected chi connectivity index (χ4v) is 0.341. The SMILES string of the molecule is CCOC(=O)[C](C)NC. The summed E-state index contributed by atoms with van der Waals surface area (Å²) < 4.78 is 4.66. The Labute approximate surface area is 55.4 Å². The quantitative estimate of drug-likeness (QED) is 0.559. The molecular weight excluding hydrogens is 118 g/mol. The minimum absolute atomic E-state index is 0.278. The monoisotopic (exact) mass is 130 g/mol. The summed E-state index contributed by atoms with van der Waals surface area (Å²) in [5, 5.41) is 2.69. The van der Waals surface area contributed by atoms with E-state index in [-0.39, 0.29) is 5.97 Å². The van der Waals surface area contributed by atoms with Gasteiger partial charge in [0.05, 0.1) is 6.61 Å². The predicted octanol–water partition coefficient (Wildman–Crippen LogP) is 0.321. The van der Waals surface area contributed by atoms with Gasteiger partial charge in [-0.3, -0.25) is 0 Å². The van der Waals surface area contributed by atoms with Gasteiger partial charge in [-0.15, -0.1) is 0 Å². The van der Waals surface area contributed by atoms with E-state index in [4.69, 9.17) is 0 Å². The first-order valence-electron chi connectivity index (χ1n) is 2.90. The average Bonchev–Trinajstić information content (AvgIpc) is 1.87. The molecule has 9 heavy (non-hydrogen) atoms. The zero-order valence-electron chi connectivity index (χ0n) is 6.02. The van der Waals surface area contributed by atoms with Gasteiger partial charge in [-0.25, -0.2) is 4.79 Å². The van der Waals surface area contributed by atoms with E-state index in [1.807, 2.05) is 0 Å². The van der Waals surface area contributed by atoms with Crippen molar-refractivity contribution in [3.63, 3.8) is 0 Å². The second-order valence-electron chi connectivity index (χ2n) is 1.60. The van der Waals surface area contributed by atoms with Crippen LogP contribution in [0.1, 0.15) is 13.8 Å². The minimum atomic E-state index is -0.278. The van der Waals surface area contributed by atoms with E-state index < -0.39 is 0 Å². The van der Waals surface area contributed by atoms with Crippen molar-refractivity contribution in [2.75, 3.05) is 13.7 Å². The fourth-order valence-electron chi connectivity index (χ4n) is 0.341. The van der Waals surface area contributed by atoms with Gasteiger partial charge in [-0.2, -0.15) is 0 Å². The first-order valence-corrected chi connectivity index (χ1v) is 2.90. The van der Waals surface area contributed by atoms with Gasteiger partial charge >= 0.3 is 5.97 Å². The summed E-state index contributed by atoms with van der Waals surface area (Å²) in [6, 6.07) is 0.539. The molecule has 0 spiro atoms. The van der Waals surface area contributed by atoms with Crippen molar-refractivity contribution in [1.29, 1.82) is 0 Å². The third-order valence-electron chi connectivity index (χ3n) is 0.957. The summed E-state index contributed by atoms with van der Waals surface area (Å²) in [4.78, 5) is 10.7. The van der Waals surface area contributed by atoms with E-state index in [9.17, 15) is 4.79 Å². The molecule has 0 unspecified atom stereocenters. The van der Waals surface area contributed by atoms with Crippen LogP contribution in [0.2, 0.25) is 0 Å². The summed E-state index contributed by atoms with van der Waals surface area (Å²) in [6.07, 6.45) is 0. The molecule has 3 nitrogen and oxygen atoms in total. The molecule has 0 atom stereocenters. The first-order chi connectivity index (χ1) is 4.22. The summed E-state index contributed by atoms with van der Waals surface area (Å²) >= 11 is 0. The van der Waals surface area contributed by atoms with Crippen LogP contribution in [0.15, 0.2) is 0 Å². The van der Waals surface area contributed by atoms with Gasteiger partial charge in [0.15, 0.2) is 0 Å². The van der Waals surface area contributed by atoms with Crippen molar-refractivity contribution in [2.24, 2.45) is 0 Å². The Hall–Kier alpha value is -0.570. The molecule has 0 saturated heterocycles. The Bertz CT molecular complexity index is 93.1. The van der Waals surface area contributed by atoms with E-state index in [2.05, 4.69) is 10.1 Å². The standard InChI is InChI=1S/C6H12NO2/c1-4-9-6(8)5(2)7-3/h7H,4H2,1-3H3. The lowest BCUT2D eigenvalue weighted by Crippen LogP contribution is -2.24. The minimum Gasteiger partial charge on any atom is -0.465 e. The van der Waals surface area contributed by atoms with Gasteiger partial charge in [0.1, 0.15) is 6.04 Å². The number of nitrogens with one attached hydrogen (secondary N) is 1. The molecule has 0 aromatic rings. The second kappa shape index (κ2) is 4.32. The number of carbonyl (C=O) groups is 1. The summed E-state index contributed by atoms with van der Waals surface area (Å²) in [6.45, 7) is 3.89. The number of hydrogen-bond acceptors (Lipinski definition) is 3. The Morgan fingerprint density at radius 3 is 2.56 bits per heavy atom. The van der Waals surface area contributed by atoms with Crippen molar-refractivity contribution in [2.45, 2.75) is 13.8 Å². The number of likely N-dealkylation sites (N-methyl/N-ethyl adjacent to an activating group) is 1. The van der Waals surface area contributed by atoms with Crippen LogP contribution in [-0.2, 0) is 9.53 Å². The Balaban J connectivity index is 3.46. The highest BCUT2D eigenvalue weighted by Crippen LogP contribution is 1.93. The largest absolute Gasteiger partial charge is 0.465 e. The summed E-state index contributed by atoms with van der Waals surface area (Å²) in [5.41, 5.74) is 0. The Kier molecular flexibility index (Phi) is 4.05.